The van der Waals surface area contributed by atoms with Gasteiger partial charge in [-0.1, -0.05) is 22.0 Å². The third-order valence-corrected chi connectivity index (χ3v) is 4.46. The fourth-order valence-electron chi connectivity index (χ4n) is 2.86. The minimum Gasteiger partial charge on any atom is -0.368 e. The lowest BCUT2D eigenvalue weighted by molar-refractivity contribution is 0.570. The van der Waals surface area contributed by atoms with Crippen molar-refractivity contribution in [3.63, 3.8) is 0 Å². The Morgan fingerprint density at radius 2 is 2.22 bits per heavy atom. The largest absolute Gasteiger partial charge is 0.368 e. The van der Waals surface area contributed by atoms with Crippen LogP contribution < -0.4 is 10.2 Å². The summed E-state index contributed by atoms with van der Waals surface area (Å²) in [5.41, 5.74) is 2.94. The molecular weight excluding hydrogens is 288 g/mol. The van der Waals surface area contributed by atoms with E-state index in [2.05, 4.69) is 58.2 Å². The third kappa shape index (κ3) is 2.72. The molecule has 0 bridgehead atoms. The fourth-order valence-corrected chi connectivity index (χ4v) is 3.54. The number of nitrogens with one attached hydrogen (secondary N) is 1. The molecule has 0 spiro atoms. The zero-order valence-electron chi connectivity index (χ0n) is 11.5. The van der Waals surface area contributed by atoms with Gasteiger partial charge in [0.25, 0.3) is 0 Å². The average Bonchev–Trinajstić information content (AvgIpc) is 2.70. The predicted molar refractivity (Wildman–Crippen MR) is 82.5 cm³/mol. The summed E-state index contributed by atoms with van der Waals surface area (Å²) >= 11 is 3.73. The van der Waals surface area contributed by atoms with Gasteiger partial charge in [0, 0.05) is 28.7 Å². The molecule has 3 heteroatoms. The fraction of sp³-hybridized carbons (Fsp3) is 0.600. The minimum atomic E-state index is 0.576. The molecule has 2 rings (SSSR count). The first-order valence-corrected chi connectivity index (χ1v) is 7.64. The lowest BCUT2D eigenvalue weighted by Crippen LogP contribution is -2.29. The first-order valence-electron chi connectivity index (χ1n) is 6.84. The smallest absolute Gasteiger partial charge is 0.0416 e. The normalized spacial score (nSPS) is 18.5. The Bertz CT molecular complexity index is 403. The Labute approximate surface area is 119 Å². The van der Waals surface area contributed by atoms with Crippen molar-refractivity contribution in [3.8, 4) is 0 Å². The number of anilines is 1. The summed E-state index contributed by atoms with van der Waals surface area (Å²) in [6.45, 7) is 6.83. The SMILES string of the molecule is CNCCCC1CN(C(C)C)c2cccc(Br)c21. The van der Waals surface area contributed by atoms with Crippen LogP contribution in [0.3, 0.4) is 0 Å². The molecule has 1 atom stereocenters. The van der Waals surface area contributed by atoms with Gasteiger partial charge in [-0.25, -0.2) is 0 Å². The van der Waals surface area contributed by atoms with E-state index in [1.807, 2.05) is 7.05 Å². The van der Waals surface area contributed by atoms with Crippen LogP contribution in [0.15, 0.2) is 22.7 Å². The van der Waals surface area contributed by atoms with Gasteiger partial charge < -0.3 is 10.2 Å². The molecule has 0 aliphatic carbocycles. The van der Waals surface area contributed by atoms with Crippen LogP contribution in [0, 0.1) is 0 Å². The zero-order valence-corrected chi connectivity index (χ0v) is 13.1. The van der Waals surface area contributed by atoms with E-state index in [1.54, 1.807) is 0 Å². The first kappa shape index (κ1) is 13.9. The molecule has 0 saturated carbocycles. The molecule has 1 aliphatic heterocycles. The van der Waals surface area contributed by atoms with Crippen LogP contribution in [0.5, 0.6) is 0 Å². The summed E-state index contributed by atoms with van der Waals surface area (Å²) in [6, 6.07) is 7.16. The molecule has 0 saturated heterocycles. The molecule has 1 aromatic rings. The average molecular weight is 311 g/mol. The Morgan fingerprint density at radius 1 is 1.44 bits per heavy atom. The number of nitrogens with zero attached hydrogens (tertiary/aromatic N) is 1. The standard InChI is InChI=1S/C15H23BrN2/c1-11(2)18-10-12(6-5-9-17-3)15-13(16)7-4-8-14(15)18/h4,7-8,11-12,17H,5-6,9-10H2,1-3H3. The van der Waals surface area contributed by atoms with Crippen LogP contribution in [-0.4, -0.2) is 26.2 Å². The highest BCUT2D eigenvalue weighted by molar-refractivity contribution is 9.10. The van der Waals surface area contributed by atoms with Gasteiger partial charge in [-0.2, -0.15) is 0 Å². The summed E-state index contributed by atoms with van der Waals surface area (Å²) in [4.78, 5) is 2.53. The zero-order chi connectivity index (χ0) is 13.1. The molecule has 1 heterocycles. The lowest BCUT2D eigenvalue weighted by atomic mass is 9.96. The number of hydrogen-bond donors (Lipinski definition) is 1. The molecule has 0 fully saturated rings. The van der Waals surface area contributed by atoms with E-state index < -0.39 is 0 Å². The van der Waals surface area contributed by atoms with E-state index in [0.29, 0.717) is 12.0 Å². The van der Waals surface area contributed by atoms with Crippen molar-refractivity contribution in [2.75, 3.05) is 25.0 Å². The Balaban J connectivity index is 2.21. The predicted octanol–water partition coefficient (Wildman–Crippen LogP) is 3.76. The minimum absolute atomic E-state index is 0.576. The van der Waals surface area contributed by atoms with Crippen molar-refractivity contribution in [1.82, 2.24) is 5.32 Å². The molecule has 0 aromatic heterocycles. The maximum Gasteiger partial charge on any atom is 0.0416 e. The highest BCUT2D eigenvalue weighted by atomic mass is 79.9. The van der Waals surface area contributed by atoms with Crippen LogP contribution in [0.4, 0.5) is 5.69 Å². The molecule has 1 aliphatic rings. The van der Waals surface area contributed by atoms with Crippen molar-refractivity contribution in [2.24, 2.45) is 0 Å². The molecule has 100 valence electrons. The summed E-state index contributed by atoms with van der Waals surface area (Å²) < 4.78 is 1.28. The van der Waals surface area contributed by atoms with Crippen molar-refractivity contribution in [2.45, 2.75) is 38.6 Å². The van der Waals surface area contributed by atoms with Crippen LogP contribution in [0.2, 0.25) is 0 Å². The van der Waals surface area contributed by atoms with Gasteiger partial charge >= 0.3 is 0 Å². The molecular formula is C15H23BrN2. The highest BCUT2D eigenvalue weighted by Crippen LogP contribution is 2.43. The Hall–Kier alpha value is -0.540. The molecule has 1 N–H and O–H groups in total. The van der Waals surface area contributed by atoms with Gasteiger partial charge in [0.15, 0.2) is 0 Å². The maximum atomic E-state index is 3.73. The summed E-state index contributed by atoms with van der Waals surface area (Å²) in [6.07, 6.45) is 2.51. The van der Waals surface area contributed by atoms with Crippen molar-refractivity contribution < 1.29 is 0 Å². The van der Waals surface area contributed by atoms with Crippen molar-refractivity contribution in [1.29, 1.82) is 0 Å². The number of benzene rings is 1. The third-order valence-electron chi connectivity index (χ3n) is 3.77. The maximum absolute atomic E-state index is 3.73. The summed E-state index contributed by atoms with van der Waals surface area (Å²) in [7, 11) is 2.03. The second-order valence-electron chi connectivity index (χ2n) is 5.36. The van der Waals surface area contributed by atoms with Crippen molar-refractivity contribution in [3.05, 3.63) is 28.2 Å². The van der Waals surface area contributed by atoms with E-state index in [4.69, 9.17) is 0 Å². The lowest BCUT2D eigenvalue weighted by Gasteiger charge is -2.24. The van der Waals surface area contributed by atoms with Crippen LogP contribution >= 0.6 is 15.9 Å². The van der Waals surface area contributed by atoms with Crippen LogP contribution in [-0.2, 0) is 0 Å². The van der Waals surface area contributed by atoms with Crippen molar-refractivity contribution >= 4 is 21.6 Å². The topological polar surface area (TPSA) is 15.3 Å². The van der Waals surface area contributed by atoms with Crippen LogP contribution in [0.1, 0.15) is 38.2 Å². The van der Waals surface area contributed by atoms with E-state index in [0.717, 1.165) is 6.54 Å². The monoisotopic (exact) mass is 310 g/mol. The first-order chi connectivity index (χ1) is 8.65. The van der Waals surface area contributed by atoms with Gasteiger partial charge in [0.2, 0.25) is 0 Å². The molecule has 1 aromatic carbocycles. The second kappa shape index (κ2) is 6.07. The van der Waals surface area contributed by atoms with E-state index >= 15 is 0 Å². The molecule has 18 heavy (non-hydrogen) atoms. The molecule has 0 amide bonds. The van der Waals surface area contributed by atoms with E-state index in [1.165, 1.54) is 35.1 Å². The Kier molecular flexibility index (Phi) is 4.68. The van der Waals surface area contributed by atoms with E-state index in [-0.39, 0.29) is 0 Å². The van der Waals surface area contributed by atoms with Gasteiger partial charge in [0.05, 0.1) is 0 Å². The molecule has 1 unspecified atom stereocenters. The summed E-state index contributed by atoms with van der Waals surface area (Å²) in [5.74, 6) is 0.673. The van der Waals surface area contributed by atoms with Crippen LogP contribution in [0.25, 0.3) is 0 Å². The quantitative estimate of drug-likeness (QED) is 0.833. The van der Waals surface area contributed by atoms with Gasteiger partial charge in [-0.15, -0.1) is 0 Å². The van der Waals surface area contributed by atoms with Gasteiger partial charge in [-0.05, 0) is 58.0 Å². The molecule has 0 radical (unpaired) electrons. The summed E-state index contributed by atoms with van der Waals surface area (Å²) in [5, 5.41) is 3.24. The van der Waals surface area contributed by atoms with E-state index in [9.17, 15) is 0 Å². The highest BCUT2D eigenvalue weighted by Gasteiger charge is 2.30. The number of rotatable bonds is 5. The van der Waals surface area contributed by atoms with Gasteiger partial charge in [-0.3, -0.25) is 0 Å². The Morgan fingerprint density at radius 3 is 2.89 bits per heavy atom. The molecule has 2 nitrogen and oxygen atoms in total. The number of fused-ring (bicyclic) bond motifs is 1. The van der Waals surface area contributed by atoms with Gasteiger partial charge in [0.1, 0.15) is 0 Å². The number of halogens is 1. The number of hydrogen-bond acceptors (Lipinski definition) is 2. The second-order valence-corrected chi connectivity index (χ2v) is 6.22.